The van der Waals surface area contributed by atoms with Gasteiger partial charge in [0, 0.05) is 38.2 Å². The number of rotatable bonds is 7. The van der Waals surface area contributed by atoms with Gasteiger partial charge in [-0.1, -0.05) is 6.92 Å². The third-order valence-electron chi connectivity index (χ3n) is 3.99. The van der Waals surface area contributed by atoms with Gasteiger partial charge in [0.25, 0.3) is 0 Å². The molecule has 2 rings (SSSR count). The maximum atomic E-state index is 5.69. The van der Waals surface area contributed by atoms with Gasteiger partial charge >= 0.3 is 0 Å². The minimum atomic E-state index is 0.0894. The molecule has 0 aromatic carbocycles. The second-order valence-corrected chi connectivity index (χ2v) is 5.77. The highest BCUT2D eigenvalue weighted by molar-refractivity contribution is 5.28. The Labute approximate surface area is 127 Å². The molecule has 1 aliphatic rings. The minimum absolute atomic E-state index is 0.0894. The van der Waals surface area contributed by atoms with Gasteiger partial charge in [-0.15, -0.1) is 0 Å². The minimum Gasteiger partial charge on any atom is -0.383 e. The first-order valence-corrected chi connectivity index (χ1v) is 7.79. The van der Waals surface area contributed by atoms with Crippen LogP contribution in [0, 0.1) is 13.8 Å². The number of nitrogens with one attached hydrogen (secondary N) is 1. The fourth-order valence-corrected chi connectivity index (χ4v) is 2.98. The van der Waals surface area contributed by atoms with E-state index in [9.17, 15) is 0 Å². The Morgan fingerprint density at radius 1 is 1.33 bits per heavy atom. The number of methoxy groups -OCH3 is 1. The van der Waals surface area contributed by atoms with Gasteiger partial charge in [0.2, 0.25) is 0 Å². The second-order valence-electron chi connectivity index (χ2n) is 5.77. The molecule has 21 heavy (non-hydrogen) atoms. The van der Waals surface area contributed by atoms with Crippen molar-refractivity contribution < 1.29 is 9.47 Å². The highest BCUT2D eigenvalue weighted by Crippen LogP contribution is 2.28. The summed E-state index contributed by atoms with van der Waals surface area (Å²) in [6.45, 7) is 9.71. The first-order valence-electron chi connectivity index (χ1n) is 7.79. The normalized spacial score (nSPS) is 19.9. The van der Waals surface area contributed by atoms with Crippen molar-refractivity contribution in [2.45, 2.75) is 45.6 Å². The Morgan fingerprint density at radius 3 is 2.62 bits per heavy atom. The average Bonchev–Trinajstić information content (AvgIpc) is 2.97. The van der Waals surface area contributed by atoms with Crippen molar-refractivity contribution in [1.82, 2.24) is 15.3 Å². The molecule has 1 aliphatic heterocycles. The summed E-state index contributed by atoms with van der Waals surface area (Å²) in [6.07, 6.45) is 2.23. The molecule has 2 atom stereocenters. The summed E-state index contributed by atoms with van der Waals surface area (Å²) >= 11 is 0. The van der Waals surface area contributed by atoms with Crippen LogP contribution in [0.1, 0.15) is 54.6 Å². The fraction of sp³-hybridized carbons (Fsp3) is 0.750. The Hall–Kier alpha value is -1.04. The summed E-state index contributed by atoms with van der Waals surface area (Å²) in [5.74, 6) is 1.24. The lowest BCUT2D eigenvalue weighted by molar-refractivity contribution is 0.104. The Bertz CT molecular complexity index is 436. The second kappa shape index (κ2) is 7.82. The van der Waals surface area contributed by atoms with E-state index in [1.807, 2.05) is 0 Å². The van der Waals surface area contributed by atoms with Crippen molar-refractivity contribution in [1.29, 1.82) is 0 Å². The smallest absolute Gasteiger partial charge is 0.157 e. The molecule has 1 saturated heterocycles. The molecule has 1 N–H and O–H groups in total. The lowest BCUT2D eigenvalue weighted by Gasteiger charge is -2.19. The van der Waals surface area contributed by atoms with Crippen molar-refractivity contribution in [3.63, 3.8) is 0 Å². The van der Waals surface area contributed by atoms with E-state index >= 15 is 0 Å². The predicted octanol–water partition coefficient (Wildman–Crippen LogP) is 2.28. The lowest BCUT2D eigenvalue weighted by Crippen LogP contribution is -2.25. The quantitative estimate of drug-likeness (QED) is 0.782. The molecule has 118 valence electrons. The van der Waals surface area contributed by atoms with Gasteiger partial charge in [0.1, 0.15) is 6.10 Å². The van der Waals surface area contributed by atoms with Crippen LogP contribution in [0.2, 0.25) is 0 Å². The summed E-state index contributed by atoms with van der Waals surface area (Å²) in [5.41, 5.74) is 3.41. The van der Waals surface area contributed by atoms with Crippen molar-refractivity contribution in [3.05, 3.63) is 22.8 Å². The number of aryl methyl sites for hydroxylation is 2. The summed E-state index contributed by atoms with van der Waals surface area (Å²) in [6, 6.07) is 0. The molecule has 0 bridgehead atoms. The maximum absolute atomic E-state index is 5.69. The van der Waals surface area contributed by atoms with Gasteiger partial charge in [-0.3, -0.25) is 0 Å². The molecule has 2 heterocycles. The Morgan fingerprint density at radius 2 is 2.05 bits per heavy atom. The van der Waals surface area contributed by atoms with E-state index in [0.717, 1.165) is 56.4 Å². The lowest BCUT2D eigenvalue weighted by atomic mass is 9.97. The molecular formula is C16H27N3O2. The zero-order valence-electron chi connectivity index (χ0n) is 13.6. The zero-order valence-corrected chi connectivity index (χ0v) is 13.6. The standard InChI is InChI=1S/C16H27N3O2/c1-11(10-17-7-9-20-4)15-12(2)18-16(19-13(15)3)14-6-5-8-21-14/h11,14,17H,5-10H2,1-4H3. The van der Waals surface area contributed by atoms with Gasteiger partial charge in [-0.25, -0.2) is 9.97 Å². The third-order valence-corrected chi connectivity index (χ3v) is 3.99. The van der Waals surface area contributed by atoms with Crippen LogP contribution in [0.5, 0.6) is 0 Å². The highest BCUT2D eigenvalue weighted by atomic mass is 16.5. The van der Waals surface area contributed by atoms with Crippen LogP contribution >= 0.6 is 0 Å². The third kappa shape index (κ3) is 4.22. The van der Waals surface area contributed by atoms with Crippen LogP contribution in [0.3, 0.4) is 0 Å². The first-order chi connectivity index (χ1) is 10.1. The molecule has 0 amide bonds. The van der Waals surface area contributed by atoms with Gasteiger partial charge < -0.3 is 14.8 Å². The molecular weight excluding hydrogens is 266 g/mol. The molecule has 0 radical (unpaired) electrons. The number of ether oxygens (including phenoxy) is 2. The Balaban J connectivity index is 2.05. The van der Waals surface area contributed by atoms with Crippen molar-refractivity contribution in [2.24, 2.45) is 0 Å². The van der Waals surface area contributed by atoms with Crippen molar-refractivity contribution in [2.75, 3.05) is 33.4 Å². The molecule has 0 spiro atoms. The van der Waals surface area contributed by atoms with Gasteiger partial charge in [0.15, 0.2) is 5.82 Å². The van der Waals surface area contributed by atoms with E-state index in [1.54, 1.807) is 7.11 Å². The fourth-order valence-electron chi connectivity index (χ4n) is 2.98. The summed E-state index contributed by atoms with van der Waals surface area (Å²) in [7, 11) is 1.72. The van der Waals surface area contributed by atoms with Crippen LogP contribution < -0.4 is 5.32 Å². The van der Waals surface area contributed by atoms with Crippen LogP contribution in [-0.2, 0) is 9.47 Å². The molecule has 1 aromatic heterocycles. The Kier molecular flexibility index (Phi) is 6.08. The summed E-state index contributed by atoms with van der Waals surface area (Å²) < 4.78 is 10.7. The molecule has 5 heteroatoms. The van der Waals surface area contributed by atoms with Gasteiger partial charge in [-0.2, -0.15) is 0 Å². The van der Waals surface area contributed by atoms with E-state index in [4.69, 9.17) is 19.4 Å². The molecule has 0 aliphatic carbocycles. The van der Waals surface area contributed by atoms with E-state index in [1.165, 1.54) is 5.56 Å². The molecule has 1 fully saturated rings. The molecule has 1 aromatic rings. The largest absolute Gasteiger partial charge is 0.383 e. The summed E-state index contributed by atoms with van der Waals surface area (Å²) in [5, 5.41) is 3.40. The van der Waals surface area contributed by atoms with Crippen LogP contribution in [-0.4, -0.2) is 43.4 Å². The summed E-state index contributed by atoms with van der Waals surface area (Å²) in [4.78, 5) is 9.39. The highest BCUT2D eigenvalue weighted by Gasteiger charge is 2.23. The monoisotopic (exact) mass is 293 g/mol. The van der Waals surface area contributed by atoms with Gasteiger partial charge in [-0.05, 0) is 38.2 Å². The average molecular weight is 293 g/mol. The van der Waals surface area contributed by atoms with E-state index < -0.39 is 0 Å². The van der Waals surface area contributed by atoms with Crippen LogP contribution in [0.25, 0.3) is 0 Å². The van der Waals surface area contributed by atoms with E-state index in [0.29, 0.717) is 5.92 Å². The number of hydrogen-bond acceptors (Lipinski definition) is 5. The van der Waals surface area contributed by atoms with E-state index in [-0.39, 0.29) is 6.10 Å². The topological polar surface area (TPSA) is 56.3 Å². The van der Waals surface area contributed by atoms with Gasteiger partial charge in [0.05, 0.1) is 6.61 Å². The molecule has 0 saturated carbocycles. The number of hydrogen-bond donors (Lipinski definition) is 1. The van der Waals surface area contributed by atoms with Crippen molar-refractivity contribution in [3.8, 4) is 0 Å². The molecule has 2 unspecified atom stereocenters. The van der Waals surface area contributed by atoms with Crippen LogP contribution in [0.4, 0.5) is 0 Å². The zero-order chi connectivity index (χ0) is 15.2. The predicted molar refractivity (Wildman–Crippen MR) is 82.6 cm³/mol. The van der Waals surface area contributed by atoms with Crippen molar-refractivity contribution >= 4 is 0 Å². The van der Waals surface area contributed by atoms with E-state index in [2.05, 4.69) is 26.1 Å². The first kappa shape index (κ1) is 16.3. The molecule has 5 nitrogen and oxygen atoms in total. The maximum Gasteiger partial charge on any atom is 0.157 e. The SMILES string of the molecule is COCCNCC(C)c1c(C)nc(C2CCCO2)nc1C. The van der Waals surface area contributed by atoms with Crippen LogP contribution in [0.15, 0.2) is 0 Å². The number of aromatic nitrogens is 2. The number of nitrogens with zero attached hydrogens (tertiary/aromatic N) is 2.